The molecular weight excluding hydrogens is 578 g/mol. The van der Waals surface area contributed by atoms with Gasteiger partial charge in [0.2, 0.25) is 11.7 Å². The maximum Gasteiger partial charge on any atom is 0.249 e. The molecule has 11 heteroatoms. The van der Waals surface area contributed by atoms with Crippen molar-refractivity contribution >= 4 is 23.7 Å². The summed E-state index contributed by atoms with van der Waals surface area (Å²) in [5, 5.41) is 9.49. The Morgan fingerprint density at radius 3 is 2.63 bits per heavy atom. The lowest BCUT2D eigenvalue weighted by molar-refractivity contribution is 0.0539. The molecule has 0 spiro atoms. The van der Waals surface area contributed by atoms with Crippen molar-refractivity contribution in [2.75, 3.05) is 13.1 Å². The number of carbonyl (C=O) groups excluding carboxylic acids is 1. The highest BCUT2D eigenvalue weighted by Gasteiger charge is 2.50. The van der Waals surface area contributed by atoms with E-state index in [1.807, 2.05) is 35.3 Å². The fraction of sp³-hybridized carbons (Fsp3) is 0.312. The number of benzene rings is 3. The molecule has 5 aliphatic rings. The van der Waals surface area contributed by atoms with Crippen LogP contribution in [0.3, 0.4) is 0 Å². The summed E-state index contributed by atoms with van der Waals surface area (Å²) in [5.41, 5.74) is 5.80. The summed E-state index contributed by atoms with van der Waals surface area (Å²) >= 11 is 6.63. The van der Waals surface area contributed by atoms with Gasteiger partial charge in [-0.3, -0.25) is 9.80 Å². The molecule has 3 N–H and O–H groups in total. The predicted octanol–water partition coefficient (Wildman–Crippen LogP) is 5.41. The summed E-state index contributed by atoms with van der Waals surface area (Å²) in [6.45, 7) is 1.16. The molecule has 220 valence electrons. The van der Waals surface area contributed by atoms with Crippen LogP contribution in [-0.4, -0.2) is 42.3 Å². The number of hydrogen-bond acceptors (Lipinski definition) is 7. The first-order valence-electron chi connectivity index (χ1n) is 14.4. The largest absolute Gasteiger partial charge is 0.480 e. The number of halogens is 3. The monoisotopic (exact) mass is 604 g/mol. The number of allylic oxidation sites excluding steroid dienone is 1. The van der Waals surface area contributed by atoms with Crippen LogP contribution >= 0.6 is 11.6 Å². The Morgan fingerprint density at radius 1 is 1.09 bits per heavy atom. The van der Waals surface area contributed by atoms with E-state index in [0.717, 1.165) is 37.8 Å². The zero-order valence-electron chi connectivity index (χ0n) is 23.0. The van der Waals surface area contributed by atoms with Gasteiger partial charge in [-0.2, -0.15) is 5.10 Å². The van der Waals surface area contributed by atoms with Gasteiger partial charge in [-0.05, 0) is 43.9 Å². The second kappa shape index (κ2) is 9.68. The first-order chi connectivity index (χ1) is 20.8. The first-order valence-corrected chi connectivity index (χ1v) is 14.8. The molecule has 3 aromatic rings. The topological polar surface area (TPSA) is 98.4 Å². The van der Waals surface area contributed by atoms with Gasteiger partial charge in [0.05, 0.1) is 29.4 Å². The third-order valence-corrected chi connectivity index (χ3v) is 9.29. The lowest BCUT2D eigenvalue weighted by Gasteiger charge is -2.35. The minimum Gasteiger partial charge on any atom is -0.480 e. The first kappa shape index (κ1) is 26.5. The van der Waals surface area contributed by atoms with E-state index in [0.29, 0.717) is 23.9 Å². The molecular formula is C32H27ClF2N4O4. The number of hydrazone groups is 1. The average Bonchev–Trinajstić information content (AvgIpc) is 3.57. The molecule has 0 unspecified atom stereocenters. The number of hydrogen-bond donors (Lipinski definition) is 2. The number of nitrogens with zero attached hydrogens (tertiary/aromatic N) is 2. The molecule has 1 saturated heterocycles. The molecule has 0 bridgehead atoms. The quantitative estimate of drug-likeness (QED) is 0.404. The molecule has 8 nitrogen and oxygen atoms in total. The van der Waals surface area contributed by atoms with Crippen molar-refractivity contribution in [3.63, 3.8) is 0 Å². The smallest absolute Gasteiger partial charge is 0.249 e. The lowest BCUT2D eigenvalue weighted by atomic mass is 9.80. The summed E-state index contributed by atoms with van der Waals surface area (Å²) in [6.07, 6.45) is 5.59. The number of carbonyl (C=O) groups is 1. The summed E-state index contributed by atoms with van der Waals surface area (Å²) < 4.78 is 50.9. The van der Waals surface area contributed by atoms with Crippen molar-refractivity contribution in [3.8, 4) is 28.4 Å². The van der Waals surface area contributed by atoms with Crippen LogP contribution in [0.15, 0.2) is 59.1 Å². The van der Waals surface area contributed by atoms with Crippen LogP contribution < -0.4 is 25.3 Å². The van der Waals surface area contributed by atoms with Crippen LogP contribution in [0.25, 0.3) is 11.1 Å². The van der Waals surface area contributed by atoms with Crippen LogP contribution in [0.4, 0.5) is 8.78 Å². The number of rotatable bonds is 5. The maximum atomic E-state index is 16.7. The van der Waals surface area contributed by atoms with Crippen molar-refractivity contribution in [2.45, 2.75) is 49.8 Å². The van der Waals surface area contributed by atoms with E-state index in [4.69, 9.17) is 31.5 Å². The van der Waals surface area contributed by atoms with Crippen molar-refractivity contribution in [1.29, 1.82) is 0 Å². The van der Waals surface area contributed by atoms with E-state index < -0.39 is 23.1 Å². The van der Waals surface area contributed by atoms with Gasteiger partial charge in [0.15, 0.2) is 28.7 Å². The fourth-order valence-corrected chi connectivity index (χ4v) is 6.97. The lowest BCUT2D eigenvalue weighted by Crippen LogP contribution is -2.48. The van der Waals surface area contributed by atoms with E-state index in [1.165, 1.54) is 18.3 Å². The van der Waals surface area contributed by atoms with E-state index in [9.17, 15) is 4.79 Å². The Morgan fingerprint density at radius 2 is 1.91 bits per heavy atom. The van der Waals surface area contributed by atoms with Crippen LogP contribution in [0.5, 0.6) is 17.2 Å². The van der Waals surface area contributed by atoms with Crippen LogP contribution in [-0.2, 0) is 12.0 Å². The Labute approximate surface area is 251 Å². The van der Waals surface area contributed by atoms with Crippen LogP contribution in [0.2, 0.25) is 5.02 Å². The van der Waals surface area contributed by atoms with Gasteiger partial charge in [-0.1, -0.05) is 41.9 Å². The van der Waals surface area contributed by atoms with Gasteiger partial charge >= 0.3 is 0 Å². The predicted molar refractivity (Wildman–Crippen MR) is 155 cm³/mol. The summed E-state index contributed by atoms with van der Waals surface area (Å²) in [4.78, 5) is 12.9. The maximum absolute atomic E-state index is 16.7. The molecule has 2 fully saturated rings. The van der Waals surface area contributed by atoms with Gasteiger partial charge in [0.25, 0.3) is 0 Å². The van der Waals surface area contributed by atoms with Gasteiger partial charge in [0.1, 0.15) is 11.6 Å². The van der Waals surface area contributed by atoms with Crippen molar-refractivity contribution < 1.29 is 27.8 Å². The van der Waals surface area contributed by atoms with Gasteiger partial charge in [-0.25, -0.2) is 8.78 Å². The third-order valence-electron chi connectivity index (χ3n) is 8.92. The van der Waals surface area contributed by atoms with Crippen molar-refractivity contribution in [2.24, 2.45) is 10.8 Å². The zero-order valence-corrected chi connectivity index (χ0v) is 23.7. The molecule has 0 radical (unpaired) electrons. The van der Waals surface area contributed by atoms with E-state index in [-0.39, 0.29) is 57.2 Å². The van der Waals surface area contributed by atoms with Gasteiger partial charge in [-0.15, -0.1) is 0 Å². The summed E-state index contributed by atoms with van der Waals surface area (Å²) in [6, 6.07) is 12.5. The number of nitrogens with two attached hydrogens (primary N) is 1. The Balaban J connectivity index is 1.28. The van der Waals surface area contributed by atoms with E-state index in [1.54, 1.807) is 0 Å². The molecule has 1 amide bonds. The molecule has 3 aromatic carbocycles. The Kier molecular flexibility index (Phi) is 5.96. The molecule has 1 saturated carbocycles. The van der Waals surface area contributed by atoms with E-state index >= 15 is 8.78 Å². The molecule has 4 heterocycles. The Hall–Kier alpha value is -4.15. The fourth-order valence-electron chi connectivity index (χ4n) is 6.71. The van der Waals surface area contributed by atoms with Gasteiger partial charge in [0, 0.05) is 35.2 Å². The molecule has 8 rings (SSSR count). The minimum atomic E-state index is -0.943. The molecule has 4 aliphatic heterocycles. The highest BCUT2D eigenvalue weighted by atomic mass is 35.5. The standard InChI is InChI=1S/C32H27ClF2N4O4/c33-28-20(34)12-21-19(13-32(43-21,25-7-4-10-37-25)16-5-2-1-3-6-16)26(28)27-18(31(36)40)11-22-30(29(27)35)42-23-14-38-39(17-8-9-17)15-24(23)41-22/h1-3,5-6,11-12,14,17,25,37H,4,7-10,13,15H2,(H2,36,40)/t25-,32-/m0/s1. The number of ether oxygens (including phenoxy) is 3. The second-order valence-corrected chi connectivity index (χ2v) is 12.0. The highest BCUT2D eigenvalue weighted by molar-refractivity contribution is 6.34. The van der Waals surface area contributed by atoms with Crippen LogP contribution in [0.1, 0.15) is 47.2 Å². The molecule has 0 aromatic heterocycles. The highest BCUT2D eigenvalue weighted by Crippen LogP contribution is 2.54. The normalized spacial score (nSPS) is 23.7. The summed E-state index contributed by atoms with van der Waals surface area (Å²) in [5.74, 6) is -2.01. The van der Waals surface area contributed by atoms with Gasteiger partial charge < -0.3 is 25.3 Å². The summed E-state index contributed by atoms with van der Waals surface area (Å²) in [7, 11) is 0. The average molecular weight is 605 g/mol. The van der Waals surface area contributed by atoms with Crippen LogP contribution in [0, 0.1) is 11.6 Å². The number of primary amides is 1. The Bertz CT molecular complexity index is 1750. The molecule has 1 aliphatic carbocycles. The third kappa shape index (κ3) is 4.11. The van der Waals surface area contributed by atoms with E-state index in [2.05, 4.69) is 10.4 Å². The van der Waals surface area contributed by atoms with Crippen molar-refractivity contribution in [3.05, 3.63) is 87.3 Å². The minimum absolute atomic E-state index is 0.00201. The number of nitrogens with one attached hydrogen (secondary N) is 1. The number of fused-ring (bicyclic) bond motifs is 2. The molecule has 43 heavy (non-hydrogen) atoms. The van der Waals surface area contributed by atoms with Crippen molar-refractivity contribution in [1.82, 2.24) is 10.3 Å². The second-order valence-electron chi connectivity index (χ2n) is 11.6. The SMILES string of the molecule is NC(=O)c1cc2c(c(F)c1-c1c(Cl)c(F)cc3c1C[C@](c1ccccc1)([C@@H]1CCCN1)O3)OC1=C(CN(C3CC3)N=C1)O2. The molecule has 2 atom stereocenters. The zero-order chi connectivity index (χ0) is 29.5. The number of amides is 1.